The van der Waals surface area contributed by atoms with E-state index < -0.39 is 0 Å². The third kappa shape index (κ3) is 4.31. The average Bonchev–Trinajstić information content (AvgIpc) is 2.80. The van der Waals surface area contributed by atoms with Gasteiger partial charge in [0.1, 0.15) is 16.8 Å². The molecule has 0 amide bonds. The zero-order valence-electron chi connectivity index (χ0n) is 19.0. The predicted molar refractivity (Wildman–Crippen MR) is 141 cm³/mol. The molecule has 0 unspecified atom stereocenters. The summed E-state index contributed by atoms with van der Waals surface area (Å²) < 4.78 is 12.8. The molecule has 0 saturated carbocycles. The molecular formula is C28H27AlN2O3. The lowest BCUT2D eigenvalue weighted by atomic mass is 10.1. The number of benzene rings is 3. The number of rotatable bonds is 4. The van der Waals surface area contributed by atoms with Gasteiger partial charge in [-0.15, -0.1) is 0 Å². The number of hydrogen-bond acceptors (Lipinski definition) is 5. The van der Waals surface area contributed by atoms with Crippen LogP contribution in [0.1, 0.15) is 22.5 Å². The van der Waals surface area contributed by atoms with E-state index in [4.69, 9.17) is 9.47 Å². The van der Waals surface area contributed by atoms with Crippen LogP contribution in [0.3, 0.4) is 0 Å². The molecule has 0 aliphatic carbocycles. The molecule has 2 heterocycles. The summed E-state index contributed by atoms with van der Waals surface area (Å²) in [5, 5.41) is 12.6. The summed E-state index contributed by atoms with van der Waals surface area (Å²) >= 11 is 0. The van der Waals surface area contributed by atoms with Gasteiger partial charge in [-0.05, 0) is 63.6 Å². The zero-order valence-corrected chi connectivity index (χ0v) is 19.0. The van der Waals surface area contributed by atoms with Crippen LogP contribution in [0.4, 0.5) is 0 Å². The van der Waals surface area contributed by atoms with E-state index in [1.165, 1.54) is 0 Å². The van der Waals surface area contributed by atoms with Crippen molar-refractivity contribution in [3.8, 4) is 28.7 Å². The molecule has 0 atom stereocenters. The molecule has 0 fully saturated rings. The predicted octanol–water partition coefficient (Wildman–Crippen LogP) is 6.12. The minimum Gasteiger partial charge on any atom is -0.507 e. The maximum absolute atomic E-state index is 10.7. The number of aryl methyl sites for hydroxylation is 3. The minimum atomic E-state index is 0. The van der Waals surface area contributed by atoms with E-state index in [9.17, 15) is 5.11 Å². The molecule has 6 heteroatoms. The molecule has 170 valence electrons. The summed E-state index contributed by atoms with van der Waals surface area (Å²) in [6.45, 7) is 7.56. The van der Waals surface area contributed by atoms with Crippen molar-refractivity contribution in [2.24, 2.45) is 0 Å². The highest BCUT2D eigenvalue weighted by molar-refractivity contribution is 5.86. The quantitative estimate of drug-likeness (QED) is 0.323. The van der Waals surface area contributed by atoms with Gasteiger partial charge in [-0.25, -0.2) is 9.97 Å². The van der Waals surface area contributed by atoms with Gasteiger partial charge in [-0.1, -0.05) is 36.4 Å². The molecule has 0 saturated heterocycles. The molecule has 0 aliphatic rings. The molecule has 0 spiro atoms. The highest BCUT2D eigenvalue weighted by Gasteiger charge is 2.19. The van der Waals surface area contributed by atoms with E-state index in [1.807, 2.05) is 88.4 Å². The molecule has 5 rings (SSSR count). The summed E-state index contributed by atoms with van der Waals surface area (Å²) in [6.07, 6.45) is 0. The number of phenols is 1. The fraction of sp³-hybridized carbons (Fsp3) is 0.143. The maximum Gasteiger partial charge on any atom is 0.187 e. The first-order valence-electron chi connectivity index (χ1n) is 10.8. The van der Waals surface area contributed by atoms with Gasteiger partial charge in [-0.2, -0.15) is 0 Å². The summed E-state index contributed by atoms with van der Waals surface area (Å²) in [6, 6.07) is 21.4. The Kier molecular flexibility index (Phi) is 6.48. The van der Waals surface area contributed by atoms with Gasteiger partial charge in [0.15, 0.2) is 40.4 Å². The lowest BCUT2D eigenvalue weighted by Crippen LogP contribution is -1.97. The van der Waals surface area contributed by atoms with E-state index >= 15 is 0 Å². The minimum absolute atomic E-state index is 0. The number of fused-ring (bicyclic) bond motifs is 2. The van der Waals surface area contributed by atoms with Gasteiger partial charge in [0.05, 0.1) is 0 Å². The molecule has 1 N–H and O–H groups in total. The lowest BCUT2D eigenvalue weighted by Gasteiger charge is -2.18. The topological polar surface area (TPSA) is 64.5 Å². The van der Waals surface area contributed by atoms with Crippen LogP contribution >= 0.6 is 0 Å². The second-order valence-corrected chi connectivity index (χ2v) is 8.26. The molecular weight excluding hydrogens is 439 g/mol. The van der Waals surface area contributed by atoms with Crippen LogP contribution in [0.2, 0.25) is 0 Å². The number of pyridine rings is 2. The first-order chi connectivity index (χ1) is 15.9. The Hall–Kier alpha value is -3.59. The van der Waals surface area contributed by atoms with Crippen molar-refractivity contribution < 1.29 is 14.6 Å². The molecule has 0 aliphatic heterocycles. The van der Waals surface area contributed by atoms with Crippen molar-refractivity contribution in [1.82, 2.24) is 9.97 Å². The van der Waals surface area contributed by atoms with E-state index in [-0.39, 0.29) is 23.1 Å². The normalized spacial score (nSPS) is 10.8. The van der Waals surface area contributed by atoms with Crippen LogP contribution in [-0.2, 0) is 0 Å². The van der Waals surface area contributed by atoms with Crippen LogP contribution in [0.5, 0.6) is 28.7 Å². The van der Waals surface area contributed by atoms with E-state index in [1.54, 1.807) is 6.07 Å². The van der Waals surface area contributed by atoms with Gasteiger partial charge in [-0.3, -0.25) is 0 Å². The number of nitrogens with zero attached hydrogens (tertiary/aromatic N) is 2. The zero-order chi connectivity index (χ0) is 23.1. The highest BCUT2D eigenvalue weighted by atomic mass is 27.0. The van der Waals surface area contributed by atoms with Gasteiger partial charge in [0.2, 0.25) is 0 Å². The van der Waals surface area contributed by atoms with Gasteiger partial charge < -0.3 is 14.6 Å². The maximum atomic E-state index is 10.7. The Morgan fingerprint density at radius 3 is 1.74 bits per heavy atom. The summed E-state index contributed by atoms with van der Waals surface area (Å²) in [5.74, 6) is 2.34. The van der Waals surface area contributed by atoms with Crippen molar-refractivity contribution >= 4 is 39.2 Å². The number of phenolic OH excluding ortho intramolecular Hbond substituents is 1. The van der Waals surface area contributed by atoms with Crippen LogP contribution in [-0.4, -0.2) is 32.4 Å². The second-order valence-electron chi connectivity index (χ2n) is 8.26. The first kappa shape index (κ1) is 23.6. The Morgan fingerprint density at radius 2 is 1.18 bits per heavy atom. The Balaban J connectivity index is 0.00000274. The van der Waals surface area contributed by atoms with Crippen molar-refractivity contribution in [2.75, 3.05) is 0 Å². The lowest BCUT2D eigenvalue weighted by molar-refractivity contribution is 0.408. The molecule has 3 aromatic carbocycles. The van der Waals surface area contributed by atoms with E-state index in [0.29, 0.717) is 34.1 Å². The monoisotopic (exact) mass is 466 g/mol. The SMILES string of the molecule is Cc1ccc2cccc(Oc3cc(C)c(O)c(C)c3Oc3cccc4ccc(C)nc34)c2n1.[AlH3]. The fourth-order valence-corrected chi connectivity index (χ4v) is 3.95. The smallest absolute Gasteiger partial charge is 0.187 e. The van der Waals surface area contributed by atoms with Crippen molar-refractivity contribution in [3.63, 3.8) is 0 Å². The first-order valence-corrected chi connectivity index (χ1v) is 10.8. The standard InChI is InChI=1S/C28H24N2O3.Al.3H/c1-16-15-24(32-22-9-5-7-20-13-11-17(2)29-25(20)22)28(19(4)27(16)31)33-23-10-6-8-21-14-12-18(3)30-26(21)23;;;;/h5-15,31H,1-4H3;;;;. The fourth-order valence-electron chi connectivity index (χ4n) is 3.95. The number of aromatic nitrogens is 2. The third-order valence-corrected chi connectivity index (χ3v) is 5.72. The Morgan fingerprint density at radius 1 is 0.647 bits per heavy atom. The molecule has 2 aromatic heterocycles. The summed E-state index contributed by atoms with van der Waals surface area (Å²) in [7, 11) is 0. The largest absolute Gasteiger partial charge is 0.507 e. The Bertz CT molecular complexity index is 1530. The number of para-hydroxylation sites is 2. The van der Waals surface area contributed by atoms with Crippen molar-refractivity contribution in [2.45, 2.75) is 27.7 Å². The second kappa shape index (κ2) is 9.34. The van der Waals surface area contributed by atoms with Gasteiger partial charge in [0, 0.05) is 27.7 Å². The number of aromatic hydroxyl groups is 1. The number of hydrogen-bond donors (Lipinski definition) is 1. The summed E-state index contributed by atoms with van der Waals surface area (Å²) in [5.41, 5.74) is 4.63. The molecule has 5 nitrogen and oxygen atoms in total. The van der Waals surface area contributed by atoms with Crippen molar-refractivity contribution in [1.29, 1.82) is 0 Å². The molecule has 34 heavy (non-hydrogen) atoms. The molecule has 5 aromatic rings. The highest BCUT2D eigenvalue weighted by Crippen LogP contribution is 2.45. The molecule has 0 bridgehead atoms. The third-order valence-electron chi connectivity index (χ3n) is 5.72. The number of ether oxygens (including phenoxy) is 2. The summed E-state index contributed by atoms with van der Waals surface area (Å²) in [4.78, 5) is 9.34. The average molecular weight is 467 g/mol. The van der Waals surface area contributed by atoms with Crippen LogP contribution in [0.25, 0.3) is 21.8 Å². The van der Waals surface area contributed by atoms with Gasteiger partial charge >= 0.3 is 0 Å². The van der Waals surface area contributed by atoms with Crippen LogP contribution in [0.15, 0.2) is 66.7 Å². The van der Waals surface area contributed by atoms with Crippen LogP contribution < -0.4 is 9.47 Å². The Labute approximate surface area is 209 Å². The molecule has 0 radical (unpaired) electrons. The van der Waals surface area contributed by atoms with E-state index in [0.717, 1.165) is 33.2 Å². The van der Waals surface area contributed by atoms with Gasteiger partial charge in [0.25, 0.3) is 0 Å². The van der Waals surface area contributed by atoms with Crippen molar-refractivity contribution in [3.05, 3.63) is 89.2 Å². The van der Waals surface area contributed by atoms with E-state index in [2.05, 4.69) is 9.97 Å². The van der Waals surface area contributed by atoms with Crippen LogP contribution in [0, 0.1) is 27.7 Å².